The maximum atomic E-state index is 12.7. The Balaban J connectivity index is 1.59. The minimum Gasteiger partial charge on any atom is -0.354 e. The molecule has 0 atom stereocenters. The van der Waals surface area contributed by atoms with E-state index in [4.69, 9.17) is 0 Å². The van der Waals surface area contributed by atoms with Crippen LogP contribution in [0.15, 0.2) is 61.2 Å². The summed E-state index contributed by atoms with van der Waals surface area (Å²) in [4.78, 5) is 32.0. The fraction of sp³-hybridized carbons (Fsp3) is 0.0952. The zero-order valence-electron chi connectivity index (χ0n) is 16.5. The standard InChI is InChI=1S/C21H15F3N6O2/c1-25-20(32)16-4-2-13(9-26-16)15-11-28-30-7-6-12(8-17(15)30)19(31)29-18-5-3-14(10-27-18)21(22,23)24/h2-11H,1H3,(H,25,32)(H,27,29,31). The summed E-state index contributed by atoms with van der Waals surface area (Å²) in [6.45, 7) is 0. The van der Waals surface area contributed by atoms with E-state index in [0.29, 0.717) is 22.8 Å². The molecule has 0 radical (unpaired) electrons. The van der Waals surface area contributed by atoms with Crippen LogP contribution in [0.3, 0.4) is 0 Å². The Morgan fingerprint density at radius 1 is 0.969 bits per heavy atom. The first-order valence-corrected chi connectivity index (χ1v) is 9.27. The number of aromatic nitrogens is 4. The highest BCUT2D eigenvalue weighted by molar-refractivity contribution is 6.05. The van der Waals surface area contributed by atoms with Gasteiger partial charge in [-0.05, 0) is 30.3 Å². The molecule has 4 aromatic rings. The number of rotatable bonds is 4. The van der Waals surface area contributed by atoms with Crippen LogP contribution in [0, 0.1) is 0 Å². The molecule has 8 nitrogen and oxygen atoms in total. The lowest BCUT2D eigenvalue weighted by molar-refractivity contribution is -0.137. The van der Waals surface area contributed by atoms with Gasteiger partial charge >= 0.3 is 6.18 Å². The molecule has 4 heterocycles. The molecule has 0 aromatic carbocycles. The second-order valence-corrected chi connectivity index (χ2v) is 6.70. The lowest BCUT2D eigenvalue weighted by Gasteiger charge is -2.08. The average molecular weight is 440 g/mol. The van der Waals surface area contributed by atoms with Crippen LogP contribution in [0.2, 0.25) is 0 Å². The van der Waals surface area contributed by atoms with E-state index in [1.807, 2.05) is 0 Å². The fourth-order valence-corrected chi connectivity index (χ4v) is 2.98. The van der Waals surface area contributed by atoms with Crippen molar-refractivity contribution in [1.82, 2.24) is 24.9 Å². The third kappa shape index (κ3) is 4.13. The van der Waals surface area contributed by atoms with E-state index < -0.39 is 17.6 Å². The quantitative estimate of drug-likeness (QED) is 0.507. The summed E-state index contributed by atoms with van der Waals surface area (Å²) in [5.41, 5.74) is 1.59. The van der Waals surface area contributed by atoms with Crippen molar-refractivity contribution in [3.05, 3.63) is 78.0 Å². The van der Waals surface area contributed by atoms with E-state index in [-0.39, 0.29) is 23.0 Å². The SMILES string of the molecule is CNC(=O)c1ccc(-c2cnn3ccc(C(=O)Nc4ccc(C(F)(F)F)cn4)cc23)cn1. The number of pyridine rings is 3. The molecule has 0 bridgehead atoms. The van der Waals surface area contributed by atoms with Crippen LogP contribution in [0.5, 0.6) is 0 Å². The molecule has 162 valence electrons. The largest absolute Gasteiger partial charge is 0.417 e. The molecular weight excluding hydrogens is 425 g/mol. The van der Waals surface area contributed by atoms with Gasteiger partial charge in [0.05, 0.1) is 17.3 Å². The van der Waals surface area contributed by atoms with Crippen molar-refractivity contribution in [3.63, 3.8) is 0 Å². The second kappa shape index (κ2) is 8.10. The summed E-state index contributed by atoms with van der Waals surface area (Å²) in [6.07, 6.45) is 0.863. The lowest BCUT2D eigenvalue weighted by atomic mass is 10.1. The van der Waals surface area contributed by atoms with Gasteiger partial charge < -0.3 is 10.6 Å². The monoisotopic (exact) mass is 440 g/mol. The number of nitrogens with one attached hydrogen (secondary N) is 2. The number of halogens is 3. The first-order chi connectivity index (χ1) is 15.3. The molecule has 0 spiro atoms. The maximum absolute atomic E-state index is 12.7. The topological polar surface area (TPSA) is 101 Å². The van der Waals surface area contributed by atoms with Gasteiger partial charge in [0.25, 0.3) is 11.8 Å². The van der Waals surface area contributed by atoms with Crippen LogP contribution < -0.4 is 10.6 Å². The van der Waals surface area contributed by atoms with E-state index >= 15 is 0 Å². The van der Waals surface area contributed by atoms with Crippen LogP contribution >= 0.6 is 0 Å². The van der Waals surface area contributed by atoms with Crippen LogP contribution in [-0.4, -0.2) is 38.4 Å². The number of nitrogens with zero attached hydrogens (tertiary/aromatic N) is 4. The summed E-state index contributed by atoms with van der Waals surface area (Å²) in [5.74, 6) is -0.863. The van der Waals surface area contributed by atoms with E-state index in [2.05, 4.69) is 25.7 Å². The van der Waals surface area contributed by atoms with Crippen molar-refractivity contribution in [2.24, 2.45) is 0 Å². The van der Waals surface area contributed by atoms with Gasteiger partial charge in [0.1, 0.15) is 11.5 Å². The number of alkyl halides is 3. The maximum Gasteiger partial charge on any atom is 0.417 e. The van der Waals surface area contributed by atoms with Gasteiger partial charge in [0.15, 0.2) is 0 Å². The van der Waals surface area contributed by atoms with Crippen molar-refractivity contribution >= 4 is 23.1 Å². The second-order valence-electron chi connectivity index (χ2n) is 6.70. The van der Waals surface area contributed by atoms with E-state index in [1.165, 1.54) is 19.3 Å². The molecular formula is C21H15F3N6O2. The van der Waals surface area contributed by atoms with Crippen molar-refractivity contribution in [2.75, 3.05) is 12.4 Å². The number of hydrogen-bond acceptors (Lipinski definition) is 5. The molecule has 0 saturated heterocycles. The van der Waals surface area contributed by atoms with Gasteiger partial charge in [-0.1, -0.05) is 6.07 Å². The molecule has 32 heavy (non-hydrogen) atoms. The predicted octanol–water partition coefficient (Wildman–Crippen LogP) is 3.42. The smallest absolute Gasteiger partial charge is 0.354 e. The normalized spacial score (nSPS) is 11.4. The van der Waals surface area contributed by atoms with Crippen LogP contribution in [0.4, 0.5) is 19.0 Å². The van der Waals surface area contributed by atoms with E-state index in [1.54, 1.807) is 35.1 Å². The minimum atomic E-state index is -4.51. The van der Waals surface area contributed by atoms with Gasteiger partial charge in [0, 0.05) is 42.3 Å². The van der Waals surface area contributed by atoms with Crippen molar-refractivity contribution < 1.29 is 22.8 Å². The number of carbonyl (C=O) groups is 2. The number of hydrogen-bond donors (Lipinski definition) is 2. The molecule has 11 heteroatoms. The lowest BCUT2D eigenvalue weighted by Crippen LogP contribution is -2.18. The Morgan fingerprint density at radius 2 is 1.78 bits per heavy atom. The summed E-state index contributed by atoms with van der Waals surface area (Å²) < 4.78 is 39.6. The number of fused-ring (bicyclic) bond motifs is 1. The highest BCUT2D eigenvalue weighted by Gasteiger charge is 2.30. The summed E-state index contributed by atoms with van der Waals surface area (Å²) in [6, 6.07) is 8.34. The van der Waals surface area contributed by atoms with Gasteiger partial charge in [-0.25, -0.2) is 9.50 Å². The molecule has 2 N–H and O–H groups in total. The van der Waals surface area contributed by atoms with Gasteiger partial charge in [-0.15, -0.1) is 0 Å². The Hall–Kier alpha value is -4.28. The zero-order valence-corrected chi connectivity index (χ0v) is 16.5. The van der Waals surface area contributed by atoms with Gasteiger partial charge in [0.2, 0.25) is 0 Å². The molecule has 0 fully saturated rings. The predicted molar refractivity (Wildman–Crippen MR) is 109 cm³/mol. The average Bonchev–Trinajstić information content (AvgIpc) is 3.21. The van der Waals surface area contributed by atoms with Crippen LogP contribution in [0.1, 0.15) is 26.4 Å². The van der Waals surface area contributed by atoms with Gasteiger partial charge in [-0.3, -0.25) is 14.6 Å². The van der Waals surface area contributed by atoms with Crippen molar-refractivity contribution in [1.29, 1.82) is 0 Å². The zero-order chi connectivity index (χ0) is 22.9. The Bertz CT molecular complexity index is 1300. The molecule has 0 aliphatic rings. The Morgan fingerprint density at radius 3 is 2.41 bits per heavy atom. The molecule has 4 rings (SSSR count). The molecule has 0 aliphatic carbocycles. The highest BCUT2D eigenvalue weighted by atomic mass is 19.4. The van der Waals surface area contributed by atoms with E-state index in [9.17, 15) is 22.8 Å². The highest BCUT2D eigenvalue weighted by Crippen LogP contribution is 2.29. The molecule has 2 amide bonds. The Kier molecular flexibility index (Phi) is 5.31. The first-order valence-electron chi connectivity index (χ1n) is 9.27. The molecule has 0 aliphatic heterocycles. The number of anilines is 1. The molecule has 0 unspecified atom stereocenters. The summed E-state index contributed by atoms with van der Waals surface area (Å²) in [7, 11) is 1.51. The fourth-order valence-electron chi connectivity index (χ4n) is 2.98. The summed E-state index contributed by atoms with van der Waals surface area (Å²) >= 11 is 0. The third-order valence-electron chi connectivity index (χ3n) is 4.65. The number of amides is 2. The van der Waals surface area contributed by atoms with Crippen molar-refractivity contribution in [3.8, 4) is 11.1 Å². The molecule has 0 saturated carbocycles. The first kappa shape index (κ1) is 21.0. The van der Waals surface area contributed by atoms with Gasteiger partial charge in [-0.2, -0.15) is 18.3 Å². The van der Waals surface area contributed by atoms with E-state index in [0.717, 1.165) is 12.1 Å². The van der Waals surface area contributed by atoms with Crippen molar-refractivity contribution in [2.45, 2.75) is 6.18 Å². The minimum absolute atomic E-state index is 0.00871. The van der Waals surface area contributed by atoms with Crippen LogP contribution in [-0.2, 0) is 6.18 Å². The van der Waals surface area contributed by atoms with Crippen LogP contribution in [0.25, 0.3) is 16.6 Å². The summed E-state index contributed by atoms with van der Waals surface area (Å²) in [5, 5.41) is 9.21. The third-order valence-corrected chi connectivity index (χ3v) is 4.65. The Labute approximate surface area is 179 Å². The molecule has 4 aromatic heterocycles. The number of carbonyl (C=O) groups excluding carboxylic acids is 2.